The summed E-state index contributed by atoms with van der Waals surface area (Å²) in [5.41, 5.74) is 0. The van der Waals surface area contributed by atoms with Gasteiger partial charge in [-0.3, -0.25) is 25.0 Å². The van der Waals surface area contributed by atoms with Gasteiger partial charge in [0.05, 0.1) is 11.0 Å². The highest BCUT2D eigenvalue weighted by Crippen LogP contribution is 2.07. The number of nitrogens with zero attached hydrogens (tertiary/aromatic N) is 2. The Morgan fingerprint density at radius 2 is 1.38 bits per heavy atom. The number of aryl methyl sites for hydroxylation is 2. The third-order valence-corrected chi connectivity index (χ3v) is 2.00. The van der Waals surface area contributed by atoms with E-state index in [-0.39, 0.29) is 7.43 Å². The monoisotopic (exact) mass is 340 g/mol. The van der Waals surface area contributed by atoms with Crippen LogP contribution in [0.25, 0.3) is 6.08 Å². The van der Waals surface area contributed by atoms with Gasteiger partial charge in [-0.2, -0.15) is 0 Å². The van der Waals surface area contributed by atoms with Gasteiger partial charge in [-0.1, -0.05) is 7.43 Å². The van der Waals surface area contributed by atoms with Crippen molar-refractivity contribution in [1.29, 1.82) is 0 Å². The average molecular weight is 340 g/mol. The number of furan rings is 2. The van der Waals surface area contributed by atoms with Gasteiger partial charge in [-0.25, -0.2) is 0 Å². The predicted molar refractivity (Wildman–Crippen MR) is 88.0 cm³/mol. The fourth-order valence-corrected chi connectivity index (χ4v) is 1.19. The largest absolute Gasteiger partial charge is 0.462 e. The molecule has 0 amide bonds. The zero-order valence-electron chi connectivity index (χ0n) is 12.8. The van der Waals surface area contributed by atoms with E-state index in [1.54, 1.807) is 38.1 Å². The summed E-state index contributed by atoms with van der Waals surface area (Å²) in [7, 11) is 0.889. The van der Waals surface area contributed by atoms with E-state index in [1.807, 2.05) is 0 Å². The third-order valence-electron chi connectivity index (χ3n) is 2.00. The topological polar surface area (TPSA) is 130 Å². The van der Waals surface area contributed by atoms with Crippen LogP contribution >= 0.6 is 0 Å². The van der Waals surface area contributed by atoms with E-state index >= 15 is 0 Å². The molecule has 0 saturated carbocycles. The lowest BCUT2D eigenvalue weighted by molar-refractivity contribution is -0.445. The molecule has 24 heavy (non-hydrogen) atoms. The van der Waals surface area contributed by atoms with Crippen LogP contribution in [0.2, 0.25) is 0 Å². The molecule has 2 rings (SSSR count). The summed E-state index contributed by atoms with van der Waals surface area (Å²) < 4.78 is 9.91. The summed E-state index contributed by atoms with van der Waals surface area (Å²) in [6, 6.07) is 6.82. The van der Waals surface area contributed by atoms with Crippen LogP contribution in [-0.4, -0.2) is 23.2 Å². The van der Waals surface area contributed by atoms with Crippen molar-refractivity contribution in [2.45, 2.75) is 21.3 Å². The van der Waals surface area contributed by atoms with Crippen LogP contribution in [0.3, 0.4) is 0 Å². The van der Waals surface area contributed by atoms with Crippen molar-refractivity contribution >= 4 is 12.4 Å². The second kappa shape index (κ2) is 12.3. The Kier molecular flexibility index (Phi) is 11.8. The van der Waals surface area contributed by atoms with Crippen LogP contribution in [0.5, 0.6) is 0 Å². The zero-order chi connectivity index (χ0) is 17.8. The second-order valence-corrected chi connectivity index (χ2v) is 4.06. The molecule has 9 nitrogen and oxygen atoms in total. The van der Waals surface area contributed by atoms with Crippen LogP contribution in [0, 0.1) is 34.1 Å². The molecule has 0 aliphatic rings. The summed E-state index contributed by atoms with van der Waals surface area (Å²) >= 11 is 0. The molecule has 0 aromatic carbocycles. The Labute approximate surface area is 138 Å². The van der Waals surface area contributed by atoms with Gasteiger partial charge < -0.3 is 8.83 Å². The Balaban J connectivity index is 0. The summed E-state index contributed by atoms with van der Waals surface area (Å²) in [5, 5.41) is 18.7. The maximum Gasteiger partial charge on any atom is 0.238 e. The normalized spacial score (nSPS) is 8.96. The number of hydrogen-bond donors (Lipinski definition) is 0. The van der Waals surface area contributed by atoms with Gasteiger partial charge in [-0.15, -0.1) is 0 Å². The van der Waals surface area contributed by atoms with Crippen LogP contribution in [0.1, 0.15) is 35.3 Å². The zero-order valence-corrected chi connectivity index (χ0v) is 12.8. The first-order valence-electron chi connectivity index (χ1n) is 6.22. The molecule has 0 fully saturated rings. The maximum atomic E-state index is 9.93. The highest BCUT2D eigenvalue weighted by molar-refractivity contribution is 5.70. The van der Waals surface area contributed by atoms with Crippen LogP contribution < -0.4 is 0 Å². The summed E-state index contributed by atoms with van der Waals surface area (Å²) in [6.07, 6.45) is 2.85. The number of carbonyl (C=O) groups is 1. The molecular weight excluding hydrogens is 320 g/mol. The summed E-state index contributed by atoms with van der Waals surface area (Å²) in [6.45, 7) is 3.58. The molecule has 2 aromatic rings. The van der Waals surface area contributed by atoms with Crippen molar-refractivity contribution in [2.24, 2.45) is 0 Å². The molecule has 0 N–H and O–H groups in total. The van der Waals surface area contributed by atoms with E-state index < -0.39 is 9.85 Å². The molecule has 0 unspecified atom stereocenters. The molecule has 0 spiro atoms. The van der Waals surface area contributed by atoms with Crippen molar-refractivity contribution in [3.8, 4) is 0 Å². The van der Waals surface area contributed by atoms with Crippen LogP contribution in [-0.2, 0) is 0 Å². The van der Waals surface area contributed by atoms with Crippen molar-refractivity contribution in [1.82, 2.24) is 0 Å². The van der Waals surface area contributed by atoms with Crippen LogP contribution in [0.4, 0.5) is 0 Å². The molecule has 9 heteroatoms. The molecular formula is C15H20N2O7. The second-order valence-electron chi connectivity index (χ2n) is 4.06. The Morgan fingerprint density at radius 1 is 0.958 bits per heavy atom. The Morgan fingerprint density at radius 3 is 1.62 bits per heavy atom. The SMILES string of the molecule is C.C[N+](=O)[O-].Cc1ccc(/C=C/[N+](=O)[O-])o1.Cc1ccc(C=O)o1. The molecule has 0 aliphatic carbocycles. The smallest absolute Gasteiger partial charge is 0.238 e. The maximum absolute atomic E-state index is 9.93. The van der Waals surface area contributed by atoms with E-state index in [1.165, 1.54) is 6.08 Å². The van der Waals surface area contributed by atoms with Crippen LogP contribution in [0.15, 0.2) is 39.3 Å². The standard InChI is InChI=1S/C7H7NO3.C6H6O2.CH3NO2.CH4/c1-6-2-3-7(11-6)4-5-8(9)10;1-5-2-3-6(4-7)8-5;1-2(3)4;/h2-5H,1H3;2-4H,1H3;1H3;1H4/b5-4+;;;. The fraction of sp³-hybridized carbons (Fsp3) is 0.267. The highest BCUT2D eigenvalue weighted by atomic mass is 16.6. The molecule has 0 radical (unpaired) electrons. The number of nitro groups is 2. The molecule has 2 aromatic heterocycles. The molecule has 2 heterocycles. The minimum Gasteiger partial charge on any atom is -0.462 e. The van der Waals surface area contributed by atoms with E-state index in [2.05, 4.69) is 0 Å². The van der Waals surface area contributed by atoms with Gasteiger partial charge in [0.25, 0.3) is 0 Å². The average Bonchev–Trinajstić information content (AvgIpc) is 3.05. The van der Waals surface area contributed by atoms with E-state index in [0.29, 0.717) is 17.8 Å². The van der Waals surface area contributed by atoms with Gasteiger partial charge >= 0.3 is 0 Å². The van der Waals surface area contributed by atoms with Crippen molar-refractivity contribution in [2.75, 3.05) is 7.05 Å². The van der Waals surface area contributed by atoms with E-state index in [4.69, 9.17) is 18.9 Å². The van der Waals surface area contributed by atoms with Crippen molar-refractivity contribution in [3.05, 3.63) is 73.7 Å². The predicted octanol–water partition coefficient (Wildman–Crippen LogP) is 3.76. The van der Waals surface area contributed by atoms with Gasteiger partial charge in [0.1, 0.15) is 17.3 Å². The number of hydrogen-bond acceptors (Lipinski definition) is 7. The molecule has 0 bridgehead atoms. The minimum atomic E-state index is -0.530. The van der Waals surface area contributed by atoms with Gasteiger partial charge in [0, 0.05) is 4.92 Å². The third kappa shape index (κ3) is 12.5. The summed E-state index contributed by atoms with van der Waals surface area (Å²) in [4.78, 5) is 27.6. The first kappa shape index (κ1) is 23.0. The highest BCUT2D eigenvalue weighted by Gasteiger charge is 1.94. The molecule has 132 valence electrons. The molecule has 0 saturated heterocycles. The first-order valence-corrected chi connectivity index (χ1v) is 6.22. The Bertz CT molecular complexity index is 667. The minimum absolute atomic E-state index is 0. The van der Waals surface area contributed by atoms with Crippen molar-refractivity contribution < 1.29 is 23.5 Å². The van der Waals surface area contributed by atoms with Gasteiger partial charge in [-0.05, 0) is 38.1 Å². The van der Waals surface area contributed by atoms with Gasteiger partial charge in [0.2, 0.25) is 6.20 Å². The lowest BCUT2D eigenvalue weighted by Crippen LogP contribution is -1.80. The Hall–Kier alpha value is -3.23. The van der Waals surface area contributed by atoms with E-state index in [0.717, 1.165) is 24.8 Å². The van der Waals surface area contributed by atoms with Crippen molar-refractivity contribution in [3.63, 3.8) is 0 Å². The lowest BCUT2D eigenvalue weighted by Gasteiger charge is -1.80. The lowest BCUT2D eigenvalue weighted by atomic mass is 10.4. The number of aldehydes is 1. The van der Waals surface area contributed by atoms with Gasteiger partial charge in [0.15, 0.2) is 19.1 Å². The van der Waals surface area contributed by atoms with E-state index in [9.17, 15) is 14.9 Å². The number of rotatable bonds is 3. The first-order chi connectivity index (χ1) is 10.7. The summed E-state index contributed by atoms with van der Waals surface area (Å²) in [5.74, 6) is 2.40. The molecule has 0 atom stereocenters. The number of carbonyl (C=O) groups excluding carboxylic acids is 1. The fourth-order valence-electron chi connectivity index (χ4n) is 1.19. The quantitative estimate of drug-likeness (QED) is 0.472. The molecule has 0 aliphatic heterocycles.